The summed E-state index contributed by atoms with van der Waals surface area (Å²) in [6, 6.07) is 9.87. The number of aryl methyl sites for hydroxylation is 2. The average molecular weight is 303 g/mol. The maximum absolute atomic E-state index is 11.9. The number of aromatic nitrogens is 2. The molecule has 0 saturated heterocycles. The Bertz CT molecular complexity index is 769. The van der Waals surface area contributed by atoms with Crippen LogP contribution < -0.4 is 5.43 Å². The first-order valence-electron chi connectivity index (χ1n) is 5.71. The van der Waals surface area contributed by atoms with Crippen molar-refractivity contribution in [2.24, 2.45) is 0 Å². The monoisotopic (exact) mass is 304 g/mol. The summed E-state index contributed by atoms with van der Waals surface area (Å²) in [5.74, 6) is 0. The van der Waals surface area contributed by atoms with Gasteiger partial charge in [0.2, 0.25) is 0 Å². The second kappa shape index (κ2) is 4.23. The van der Waals surface area contributed by atoms with Crippen LogP contribution in [0.5, 0.6) is 0 Å². The van der Waals surface area contributed by atoms with Crippen molar-refractivity contribution in [1.82, 2.24) is 9.78 Å². The Balaban J connectivity index is 2.34. The van der Waals surface area contributed by atoms with Crippen LogP contribution in [0.25, 0.3) is 15.5 Å². The molecule has 1 aromatic carbocycles. The molecule has 18 heavy (non-hydrogen) atoms. The zero-order valence-electron chi connectivity index (χ0n) is 10.2. The van der Waals surface area contributed by atoms with Crippen LogP contribution in [0.3, 0.4) is 0 Å². The van der Waals surface area contributed by atoms with Gasteiger partial charge in [0.1, 0.15) is 0 Å². The topological polar surface area (TPSA) is 34.9 Å². The molecule has 0 atom stereocenters. The quantitative estimate of drug-likeness (QED) is 0.645. The van der Waals surface area contributed by atoms with Gasteiger partial charge < -0.3 is 0 Å². The van der Waals surface area contributed by atoms with Crippen molar-refractivity contribution in [2.45, 2.75) is 13.8 Å². The molecule has 0 radical (unpaired) electrons. The second-order valence-corrected chi connectivity index (χ2v) is 6.17. The number of benzene rings is 1. The molecule has 0 amide bonds. The fourth-order valence-corrected chi connectivity index (χ4v) is 3.96. The number of rotatable bonds is 1. The van der Waals surface area contributed by atoms with E-state index >= 15 is 0 Å². The number of nitrogens with zero attached hydrogens (tertiary/aromatic N) is 2. The summed E-state index contributed by atoms with van der Waals surface area (Å²) in [7, 11) is 0. The van der Waals surface area contributed by atoms with Gasteiger partial charge in [0.25, 0.3) is 0 Å². The van der Waals surface area contributed by atoms with Gasteiger partial charge in [-0.2, -0.15) is 0 Å². The van der Waals surface area contributed by atoms with Crippen molar-refractivity contribution in [3.63, 3.8) is 0 Å². The van der Waals surface area contributed by atoms with Gasteiger partial charge in [-0.05, 0) is 0 Å². The molecule has 0 fully saturated rings. The summed E-state index contributed by atoms with van der Waals surface area (Å²) in [4.78, 5) is 13.8. The zero-order valence-corrected chi connectivity index (χ0v) is 11.9. The molecule has 0 saturated carbocycles. The molecule has 90 valence electrons. The number of hydrogen-bond donors (Lipinski definition) is 0. The molecule has 2 aromatic heterocycles. The van der Waals surface area contributed by atoms with Crippen LogP contribution in [0.15, 0.2) is 40.1 Å². The molecule has 3 nitrogen and oxygen atoms in total. The Morgan fingerprint density at radius 3 is 2.56 bits per heavy atom. The van der Waals surface area contributed by atoms with E-state index in [9.17, 15) is 4.79 Å². The normalized spacial score (nSPS) is 11.0. The van der Waals surface area contributed by atoms with Gasteiger partial charge in [-0.25, -0.2) is 0 Å². The van der Waals surface area contributed by atoms with Gasteiger partial charge in [0, 0.05) is 0 Å². The zero-order chi connectivity index (χ0) is 12.7. The van der Waals surface area contributed by atoms with Crippen LogP contribution in [-0.4, -0.2) is 24.3 Å². The molecule has 3 rings (SSSR count). The van der Waals surface area contributed by atoms with E-state index in [1.807, 2.05) is 28.7 Å². The minimum atomic E-state index is 0.0778. The standard InChI is InChI=1S/C14H12N2OSe/c1-9-3-5-11(6-4-9)16-14-13(10(2)15-16)12(17)7-8-18-14/h3-8H,1-2H3. The van der Waals surface area contributed by atoms with E-state index in [1.165, 1.54) is 5.56 Å². The van der Waals surface area contributed by atoms with Crippen LogP contribution in [0, 0.1) is 13.8 Å². The van der Waals surface area contributed by atoms with E-state index in [4.69, 9.17) is 0 Å². The van der Waals surface area contributed by atoms with Crippen molar-refractivity contribution in [3.05, 3.63) is 56.8 Å². The molecular weight excluding hydrogens is 291 g/mol. The Labute approximate surface area is 110 Å². The van der Waals surface area contributed by atoms with Gasteiger partial charge in [-0.15, -0.1) is 0 Å². The molecule has 3 aromatic rings. The van der Waals surface area contributed by atoms with Gasteiger partial charge in [0.15, 0.2) is 0 Å². The fraction of sp³-hybridized carbons (Fsp3) is 0.143. The third-order valence-electron chi connectivity index (χ3n) is 2.94. The van der Waals surface area contributed by atoms with E-state index in [-0.39, 0.29) is 19.9 Å². The van der Waals surface area contributed by atoms with Gasteiger partial charge in [-0.3, -0.25) is 0 Å². The Morgan fingerprint density at radius 1 is 1.11 bits per heavy atom. The van der Waals surface area contributed by atoms with Crippen LogP contribution in [-0.2, 0) is 0 Å². The van der Waals surface area contributed by atoms with Crippen LogP contribution in [0.2, 0.25) is 0 Å². The summed E-state index contributed by atoms with van der Waals surface area (Å²) < 4.78 is 2.96. The maximum atomic E-state index is 11.9. The Morgan fingerprint density at radius 2 is 1.83 bits per heavy atom. The van der Waals surface area contributed by atoms with Crippen molar-refractivity contribution < 1.29 is 0 Å². The molecule has 2 heterocycles. The molecule has 0 spiro atoms. The van der Waals surface area contributed by atoms with E-state index in [0.717, 1.165) is 21.2 Å². The molecule has 0 aliphatic heterocycles. The summed E-state index contributed by atoms with van der Waals surface area (Å²) in [6.45, 7) is 3.96. The van der Waals surface area contributed by atoms with E-state index in [0.29, 0.717) is 0 Å². The molecule has 0 unspecified atom stereocenters. The van der Waals surface area contributed by atoms with Crippen molar-refractivity contribution in [1.29, 1.82) is 0 Å². The van der Waals surface area contributed by atoms with Crippen molar-refractivity contribution >= 4 is 24.3 Å². The molecule has 0 bridgehead atoms. The molecular formula is C14H12N2OSe. The van der Waals surface area contributed by atoms with Gasteiger partial charge in [0.05, 0.1) is 0 Å². The first-order chi connectivity index (χ1) is 8.66. The van der Waals surface area contributed by atoms with Crippen LogP contribution in [0.1, 0.15) is 11.3 Å². The first kappa shape index (κ1) is 11.4. The summed E-state index contributed by atoms with van der Waals surface area (Å²) in [6.07, 6.45) is 0. The predicted octanol–water partition coefficient (Wildman–Crippen LogP) is 2.06. The van der Waals surface area contributed by atoms with Crippen LogP contribution in [0.4, 0.5) is 0 Å². The van der Waals surface area contributed by atoms with E-state index in [2.05, 4.69) is 24.2 Å². The average Bonchev–Trinajstić information content (AvgIpc) is 2.69. The molecule has 0 aliphatic rings. The SMILES string of the molecule is Cc1ccc(-n2nc(C)c3c(=O)cc[se]c32)cc1. The molecule has 0 aliphatic carbocycles. The fourth-order valence-electron chi connectivity index (χ4n) is 2.00. The third kappa shape index (κ3) is 1.74. The van der Waals surface area contributed by atoms with Crippen molar-refractivity contribution in [3.8, 4) is 5.69 Å². The number of fused-ring (bicyclic) bond motifs is 1. The Hall–Kier alpha value is -1.64. The van der Waals surface area contributed by atoms with Crippen LogP contribution >= 0.6 is 0 Å². The summed E-state index contributed by atoms with van der Waals surface area (Å²) in [5, 5.41) is 5.30. The number of hydrogen-bond acceptors (Lipinski definition) is 2. The van der Waals surface area contributed by atoms with Gasteiger partial charge >= 0.3 is 110 Å². The first-order valence-corrected chi connectivity index (χ1v) is 7.55. The second-order valence-electron chi connectivity index (χ2n) is 4.30. The third-order valence-corrected chi connectivity index (χ3v) is 4.77. The summed E-state index contributed by atoms with van der Waals surface area (Å²) >= 11 is 0.176. The van der Waals surface area contributed by atoms with Gasteiger partial charge in [-0.1, -0.05) is 0 Å². The molecule has 4 heteroatoms. The molecule has 0 N–H and O–H groups in total. The predicted molar refractivity (Wildman–Crippen MR) is 73.8 cm³/mol. The van der Waals surface area contributed by atoms with Crippen molar-refractivity contribution in [2.75, 3.05) is 0 Å². The minimum absolute atomic E-state index is 0.0778. The van der Waals surface area contributed by atoms with E-state index < -0.39 is 0 Å². The Kier molecular flexibility index (Phi) is 2.69. The summed E-state index contributed by atoms with van der Waals surface area (Å²) in [5.41, 5.74) is 3.14. The van der Waals surface area contributed by atoms with E-state index in [1.54, 1.807) is 6.07 Å².